The van der Waals surface area contributed by atoms with Crippen LogP contribution in [0.3, 0.4) is 0 Å². The van der Waals surface area contributed by atoms with Crippen LogP contribution in [0.25, 0.3) is 0 Å². The van der Waals surface area contributed by atoms with Crippen LogP contribution in [0.2, 0.25) is 0 Å². The van der Waals surface area contributed by atoms with E-state index in [1.807, 2.05) is 6.07 Å². The summed E-state index contributed by atoms with van der Waals surface area (Å²) in [6.07, 6.45) is 3.00. The molecule has 0 amide bonds. The summed E-state index contributed by atoms with van der Waals surface area (Å²) >= 11 is 9.16. The van der Waals surface area contributed by atoms with Gasteiger partial charge in [-0.15, -0.1) is 0 Å². The van der Waals surface area contributed by atoms with E-state index in [0.717, 1.165) is 0 Å². The third kappa shape index (κ3) is 3.58. The second kappa shape index (κ2) is 6.65. The Hall–Kier alpha value is -1.62. The van der Waals surface area contributed by atoms with Crippen molar-refractivity contribution in [1.29, 1.82) is 5.26 Å². The van der Waals surface area contributed by atoms with Crippen molar-refractivity contribution in [3.05, 3.63) is 45.4 Å². The number of nitrogens with zero attached hydrogens (tertiary/aromatic N) is 2. The molecule has 114 valence electrons. The Balaban J connectivity index is 2.44. The lowest BCUT2D eigenvalue weighted by Crippen LogP contribution is -2.07. The van der Waals surface area contributed by atoms with E-state index < -0.39 is 10.0 Å². The summed E-state index contributed by atoms with van der Waals surface area (Å²) in [4.78, 5) is -0.0449. The molecule has 5 nitrogen and oxygen atoms in total. The number of nitriles is 1. The first-order chi connectivity index (χ1) is 10.4. The number of sulfonamides is 1. The van der Waals surface area contributed by atoms with Crippen molar-refractivity contribution in [2.75, 3.05) is 7.11 Å². The van der Waals surface area contributed by atoms with Gasteiger partial charge in [0.1, 0.15) is 16.7 Å². The Labute approximate surface area is 141 Å². The van der Waals surface area contributed by atoms with E-state index in [-0.39, 0.29) is 27.8 Å². The van der Waals surface area contributed by atoms with Crippen LogP contribution in [-0.4, -0.2) is 21.2 Å². The average Bonchev–Trinajstić information content (AvgIpc) is 2.47. The summed E-state index contributed by atoms with van der Waals surface area (Å²) in [5.74, 6) is 0.201. The third-order valence-electron chi connectivity index (χ3n) is 2.83. The maximum Gasteiger partial charge on any atom is 0.286 e. The van der Waals surface area contributed by atoms with Gasteiger partial charge < -0.3 is 4.74 Å². The summed E-state index contributed by atoms with van der Waals surface area (Å²) in [5.41, 5.74) is 0.559. The smallest absolute Gasteiger partial charge is 0.286 e. The molecular weight excluding hydrogens is 392 g/mol. The SMILES string of the molecule is COc1ccc(Br)cc1S(=O)(=O)N=C1C=CC(C#N)=C(Cl)C1. The monoisotopic (exact) mass is 400 g/mol. The van der Waals surface area contributed by atoms with Crippen molar-refractivity contribution >= 4 is 43.3 Å². The Bertz CT molecular complexity index is 851. The number of allylic oxidation sites excluding steroid dienone is 4. The van der Waals surface area contributed by atoms with E-state index in [0.29, 0.717) is 10.0 Å². The lowest BCUT2D eigenvalue weighted by atomic mass is 10.1. The molecule has 0 bridgehead atoms. The van der Waals surface area contributed by atoms with Crippen LogP contribution < -0.4 is 4.74 Å². The Morgan fingerprint density at radius 1 is 1.41 bits per heavy atom. The number of halogens is 2. The van der Waals surface area contributed by atoms with E-state index in [1.165, 1.54) is 31.4 Å². The first-order valence-electron chi connectivity index (χ1n) is 6.01. The molecule has 0 radical (unpaired) electrons. The summed E-state index contributed by atoms with van der Waals surface area (Å²) in [7, 11) is -2.57. The maximum atomic E-state index is 12.4. The Morgan fingerprint density at radius 3 is 2.73 bits per heavy atom. The zero-order valence-corrected chi connectivity index (χ0v) is 14.5. The minimum atomic E-state index is -3.96. The highest BCUT2D eigenvalue weighted by Crippen LogP contribution is 2.30. The molecule has 0 saturated carbocycles. The normalized spacial score (nSPS) is 16.7. The molecule has 1 aliphatic rings. The molecule has 0 fully saturated rings. The van der Waals surface area contributed by atoms with Gasteiger partial charge in [0.05, 0.1) is 18.4 Å². The minimum Gasteiger partial charge on any atom is -0.495 e. The molecule has 1 aromatic carbocycles. The van der Waals surface area contributed by atoms with Crippen LogP contribution in [-0.2, 0) is 10.0 Å². The van der Waals surface area contributed by atoms with Crippen LogP contribution in [0, 0.1) is 11.3 Å². The number of rotatable bonds is 3. The van der Waals surface area contributed by atoms with Crippen LogP contribution in [0.4, 0.5) is 0 Å². The Morgan fingerprint density at radius 2 is 2.14 bits per heavy atom. The van der Waals surface area contributed by atoms with Gasteiger partial charge in [-0.3, -0.25) is 0 Å². The molecule has 0 heterocycles. The Kier molecular flexibility index (Phi) is 5.06. The first-order valence-corrected chi connectivity index (χ1v) is 8.62. The van der Waals surface area contributed by atoms with Gasteiger partial charge in [0.15, 0.2) is 0 Å². The molecule has 0 unspecified atom stereocenters. The molecular formula is C14H10BrClN2O3S. The first kappa shape index (κ1) is 16.7. The fourth-order valence-electron chi connectivity index (χ4n) is 1.80. The van der Waals surface area contributed by atoms with Crippen molar-refractivity contribution in [3.8, 4) is 11.8 Å². The number of benzene rings is 1. The standard InChI is InChI=1S/C14H10BrClN2O3S/c1-21-13-5-3-10(15)6-14(13)22(19,20)18-11-4-2-9(8-17)12(16)7-11/h2-6H,7H2,1H3. The molecule has 8 heteroatoms. The van der Waals surface area contributed by atoms with Crippen molar-refractivity contribution < 1.29 is 13.2 Å². The molecule has 0 saturated heterocycles. The number of hydrogen-bond acceptors (Lipinski definition) is 4. The predicted octanol–water partition coefficient (Wildman–Crippen LogP) is 3.56. The topological polar surface area (TPSA) is 79.5 Å². The highest BCUT2D eigenvalue weighted by Gasteiger charge is 2.21. The van der Waals surface area contributed by atoms with Crippen molar-refractivity contribution in [3.63, 3.8) is 0 Å². The summed E-state index contributed by atoms with van der Waals surface area (Å²) in [6, 6.07) is 6.55. The third-order valence-corrected chi connectivity index (χ3v) is 5.01. The van der Waals surface area contributed by atoms with Crippen molar-refractivity contribution in [2.45, 2.75) is 11.3 Å². The summed E-state index contributed by atoms with van der Waals surface area (Å²) < 4.78 is 34.3. The average molecular weight is 402 g/mol. The molecule has 0 N–H and O–H groups in total. The number of methoxy groups -OCH3 is 1. The van der Waals surface area contributed by atoms with E-state index in [2.05, 4.69) is 20.3 Å². The van der Waals surface area contributed by atoms with E-state index in [1.54, 1.807) is 6.07 Å². The zero-order chi connectivity index (χ0) is 16.3. The zero-order valence-electron chi connectivity index (χ0n) is 11.4. The number of hydrogen-bond donors (Lipinski definition) is 0. The molecule has 0 atom stereocenters. The van der Waals surface area contributed by atoms with Gasteiger partial charge in [0.2, 0.25) is 0 Å². The molecule has 1 aliphatic carbocycles. The summed E-state index contributed by atoms with van der Waals surface area (Å²) in [5, 5.41) is 9.10. The van der Waals surface area contributed by atoms with Crippen molar-refractivity contribution in [1.82, 2.24) is 0 Å². The van der Waals surface area contributed by atoms with Crippen LogP contribution in [0.5, 0.6) is 5.75 Å². The lowest BCUT2D eigenvalue weighted by molar-refractivity contribution is 0.402. The van der Waals surface area contributed by atoms with E-state index in [9.17, 15) is 8.42 Å². The lowest BCUT2D eigenvalue weighted by Gasteiger charge is -2.10. The predicted molar refractivity (Wildman–Crippen MR) is 87.6 cm³/mol. The van der Waals surface area contributed by atoms with Gasteiger partial charge in [-0.2, -0.15) is 18.1 Å². The molecule has 1 aromatic rings. The summed E-state index contributed by atoms with van der Waals surface area (Å²) in [6.45, 7) is 0. The minimum absolute atomic E-state index is 0.0449. The quantitative estimate of drug-likeness (QED) is 0.775. The highest BCUT2D eigenvalue weighted by atomic mass is 79.9. The molecule has 22 heavy (non-hydrogen) atoms. The second-order valence-corrected chi connectivity index (χ2v) is 7.24. The van der Waals surface area contributed by atoms with Crippen molar-refractivity contribution in [2.24, 2.45) is 4.40 Å². The van der Waals surface area contributed by atoms with Crippen LogP contribution in [0.1, 0.15) is 6.42 Å². The maximum absolute atomic E-state index is 12.4. The van der Waals surface area contributed by atoms with Gasteiger partial charge in [0, 0.05) is 15.9 Å². The molecule has 2 rings (SSSR count). The van der Waals surface area contributed by atoms with Gasteiger partial charge >= 0.3 is 0 Å². The van der Waals surface area contributed by atoms with Gasteiger partial charge in [-0.1, -0.05) is 27.5 Å². The van der Waals surface area contributed by atoms with Crippen LogP contribution in [0.15, 0.2) is 54.7 Å². The highest BCUT2D eigenvalue weighted by molar-refractivity contribution is 9.10. The van der Waals surface area contributed by atoms with E-state index in [4.69, 9.17) is 21.6 Å². The fourth-order valence-corrected chi connectivity index (χ4v) is 3.77. The fraction of sp³-hybridized carbons (Fsp3) is 0.143. The molecule has 0 spiro atoms. The molecule has 0 aromatic heterocycles. The largest absolute Gasteiger partial charge is 0.495 e. The van der Waals surface area contributed by atoms with Crippen LogP contribution >= 0.6 is 27.5 Å². The van der Waals surface area contributed by atoms with Gasteiger partial charge in [-0.05, 0) is 30.4 Å². The van der Waals surface area contributed by atoms with Gasteiger partial charge in [-0.25, -0.2) is 0 Å². The molecule has 0 aliphatic heterocycles. The van der Waals surface area contributed by atoms with Gasteiger partial charge in [0.25, 0.3) is 10.0 Å². The number of ether oxygens (including phenoxy) is 1. The van der Waals surface area contributed by atoms with E-state index >= 15 is 0 Å². The second-order valence-electron chi connectivity index (χ2n) is 4.29.